The van der Waals surface area contributed by atoms with Gasteiger partial charge in [0.25, 0.3) is 0 Å². The van der Waals surface area contributed by atoms with E-state index in [1.807, 2.05) is 0 Å². The third-order valence-corrected chi connectivity index (χ3v) is 7.34. The van der Waals surface area contributed by atoms with Gasteiger partial charge in [-0.3, -0.25) is 4.99 Å². The summed E-state index contributed by atoms with van der Waals surface area (Å²) in [5, 5.41) is 4.28. The average Bonchev–Trinajstić information content (AvgIpc) is 2.90. The maximum absolute atomic E-state index is 11.4. The van der Waals surface area contributed by atoms with Crippen LogP contribution < -0.4 is 5.32 Å². The second-order valence-electron chi connectivity index (χ2n) is 5.86. The molecule has 1 aliphatic carbocycles. The zero-order valence-electron chi connectivity index (χ0n) is 10.5. The highest BCUT2D eigenvalue weighted by molar-refractivity contribution is 8.13. The quantitative estimate of drug-likeness (QED) is 0.793. The van der Waals surface area contributed by atoms with E-state index in [0.29, 0.717) is 11.2 Å². The number of nitrogens with one attached hydrogen (secondary N) is 1. The Kier molecular flexibility index (Phi) is 3.34. The fraction of sp³-hybridized carbons (Fsp3) is 0.917. The van der Waals surface area contributed by atoms with Crippen LogP contribution in [0.3, 0.4) is 0 Å². The molecule has 2 heterocycles. The molecule has 3 aliphatic rings. The Hall–Kier alpha value is -0.230. The first-order chi connectivity index (χ1) is 8.57. The highest BCUT2D eigenvalue weighted by Crippen LogP contribution is 2.43. The molecule has 0 bridgehead atoms. The third-order valence-electron chi connectivity index (χ3n) is 4.30. The van der Waals surface area contributed by atoms with Crippen LogP contribution in [0.15, 0.2) is 4.99 Å². The van der Waals surface area contributed by atoms with Gasteiger partial charge in [0.05, 0.1) is 11.5 Å². The van der Waals surface area contributed by atoms with E-state index < -0.39 is 9.84 Å². The van der Waals surface area contributed by atoms with E-state index in [-0.39, 0.29) is 11.8 Å². The molecule has 1 saturated carbocycles. The molecule has 1 spiro atoms. The lowest BCUT2D eigenvalue weighted by Crippen LogP contribution is -2.39. The van der Waals surface area contributed by atoms with Crippen LogP contribution in [0.5, 0.6) is 0 Å². The third kappa shape index (κ3) is 2.69. The Morgan fingerprint density at radius 3 is 2.67 bits per heavy atom. The van der Waals surface area contributed by atoms with Crippen molar-refractivity contribution < 1.29 is 8.42 Å². The van der Waals surface area contributed by atoms with Crippen LogP contribution >= 0.6 is 11.8 Å². The average molecular weight is 288 g/mol. The van der Waals surface area contributed by atoms with Crippen molar-refractivity contribution in [3.05, 3.63) is 0 Å². The largest absolute Gasteiger partial charge is 0.361 e. The van der Waals surface area contributed by atoms with Crippen LogP contribution in [0, 0.1) is 5.41 Å². The molecular formula is C12H20N2O2S2. The second-order valence-corrected chi connectivity index (χ2v) is 9.05. The lowest BCUT2D eigenvalue weighted by Gasteiger charge is -2.31. The zero-order valence-corrected chi connectivity index (χ0v) is 12.2. The normalized spacial score (nSPS) is 33.6. The molecule has 0 aromatic heterocycles. The first kappa shape index (κ1) is 12.8. The summed E-state index contributed by atoms with van der Waals surface area (Å²) in [6.45, 7) is 0.932. The van der Waals surface area contributed by atoms with Gasteiger partial charge in [-0.25, -0.2) is 8.42 Å². The van der Waals surface area contributed by atoms with E-state index in [1.54, 1.807) is 11.8 Å². The van der Waals surface area contributed by atoms with E-state index in [1.165, 1.54) is 25.7 Å². The van der Waals surface area contributed by atoms with E-state index in [2.05, 4.69) is 10.3 Å². The Labute approximate surface area is 113 Å². The maximum atomic E-state index is 11.4. The first-order valence-corrected chi connectivity index (χ1v) is 9.52. The summed E-state index contributed by atoms with van der Waals surface area (Å²) in [6.07, 6.45) is 6.05. The predicted molar refractivity (Wildman–Crippen MR) is 75.9 cm³/mol. The number of sulfone groups is 1. The Balaban J connectivity index is 1.57. The van der Waals surface area contributed by atoms with E-state index in [9.17, 15) is 8.42 Å². The lowest BCUT2D eigenvalue weighted by atomic mass is 9.89. The van der Waals surface area contributed by atoms with Gasteiger partial charge in [0, 0.05) is 18.3 Å². The van der Waals surface area contributed by atoms with Gasteiger partial charge >= 0.3 is 0 Å². The lowest BCUT2D eigenvalue weighted by molar-refractivity contribution is 0.358. The van der Waals surface area contributed by atoms with Crippen molar-refractivity contribution in [3.63, 3.8) is 0 Å². The summed E-state index contributed by atoms with van der Waals surface area (Å²) in [5.41, 5.74) is 0.456. The van der Waals surface area contributed by atoms with Crippen molar-refractivity contribution in [3.8, 4) is 0 Å². The summed E-state index contributed by atoms with van der Waals surface area (Å²) in [7, 11) is -2.80. The van der Waals surface area contributed by atoms with Crippen LogP contribution in [0.25, 0.3) is 0 Å². The van der Waals surface area contributed by atoms with Crippen LogP contribution in [-0.4, -0.2) is 43.4 Å². The summed E-state index contributed by atoms with van der Waals surface area (Å²) >= 11 is 1.79. The Morgan fingerprint density at radius 1 is 1.33 bits per heavy atom. The highest BCUT2D eigenvalue weighted by Gasteiger charge is 2.37. The molecule has 102 valence electrons. The van der Waals surface area contributed by atoms with Crippen LogP contribution in [-0.2, 0) is 9.84 Å². The number of thioether (sulfide) groups is 1. The summed E-state index contributed by atoms with van der Waals surface area (Å²) in [6, 6.07) is 0.0823. The van der Waals surface area contributed by atoms with Crippen molar-refractivity contribution in [2.75, 3.05) is 23.8 Å². The van der Waals surface area contributed by atoms with Crippen molar-refractivity contribution in [1.82, 2.24) is 5.32 Å². The fourth-order valence-electron chi connectivity index (χ4n) is 3.15. The molecule has 1 unspecified atom stereocenters. The van der Waals surface area contributed by atoms with Gasteiger partial charge in [-0.15, -0.1) is 0 Å². The van der Waals surface area contributed by atoms with Gasteiger partial charge in [-0.2, -0.15) is 0 Å². The SMILES string of the molecule is O=S1(=O)CCC(NC2=NCC3(CCCC3)CS2)C1. The highest BCUT2D eigenvalue weighted by atomic mass is 32.2. The zero-order chi connectivity index (χ0) is 12.6. The predicted octanol–water partition coefficient (Wildman–Crippen LogP) is 1.43. The molecule has 1 N–H and O–H groups in total. The van der Waals surface area contributed by atoms with Crippen molar-refractivity contribution in [2.45, 2.75) is 38.1 Å². The summed E-state index contributed by atoms with van der Waals surface area (Å²) in [5.74, 6) is 1.75. The molecule has 0 aromatic rings. The number of rotatable bonds is 1. The number of hydrogen-bond donors (Lipinski definition) is 1. The molecule has 6 heteroatoms. The minimum atomic E-state index is -2.80. The van der Waals surface area contributed by atoms with Gasteiger partial charge in [-0.1, -0.05) is 24.6 Å². The van der Waals surface area contributed by atoms with Crippen molar-refractivity contribution in [1.29, 1.82) is 0 Å². The van der Waals surface area contributed by atoms with Gasteiger partial charge in [0.15, 0.2) is 15.0 Å². The summed E-state index contributed by atoms with van der Waals surface area (Å²) < 4.78 is 22.8. The molecule has 4 nitrogen and oxygen atoms in total. The Morgan fingerprint density at radius 2 is 2.11 bits per heavy atom. The molecule has 1 saturated heterocycles. The van der Waals surface area contributed by atoms with Gasteiger partial charge in [-0.05, 0) is 24.7 Å². The summed E-state index contributed by atoms with van der Waals surface area (Å²) in [4.78, 5) is 4.65. The van der Waals surface area contributed by atoms with Crippen LogP contribution in [0.4, 0.5) is 0 Å². The molecule has 0 aromatic carbocycles. The molecule has 2 aliphatic heterocycles. The molecule has 1 atom stereocenters. The maximum Gasteiger partial charge on any atom is 0.156 e. The van der Waals surface area contributed by atoms with E-state index in [0.717, 1.165) is 23.9 Å². The minimum absolute atomic E-state index is 0.0823. The van der Waals surface area contributed by atoms with E-state index in [4.69, 9.17) is 0 Å². The number of nitrogens with zero attached hydrogens (tertiary/aromatic N) is 1. The minimum Gasteiger partial charge on any atom is -0.361 e. The first-order valence-electron chi connectivity index (χ1n) is 6.71. The number of aliphatic imine (C=N–C) groups is 1. The van der Waals surface area contributed by atoms with Gasteiger partial charge < -0.3 is 5.32 Å². The molecular weight excluding hydrogens is 268 g/mol. The second kappa shape index (κ2) is 4.71. The van der Waals surface area contributed by atoms with E-state index >= 15 is 0 Å². The topological polar surface area (TPSA) is 58.5 Å². The molecule has 0 radical (unpaired) electrons. The molecule has 18 heavy (non-hydrogen) atoms. The number of amidine groups is 1. The van der Waals surface area contributed by atoms with Crippen molar-refractivity contribution >= 4 is 26.8 Å². The Bertz CT molecular complexity index is 453. The monoisotopic (exact) mass is 288 g/mol. The van der Waals surface area contributed by atoms with Gasteiger partial charge in [0.2, 0.25) is 0 Å². The van der Waals surface area contributed by atoms with Gasteiger partial charge in [0.1, 0.15) is 0 Å². The standard InChI is InChI=1S/C12H20N2O2S2/c15-18(16)6-3-10(7-18)14-11-13-8-12(9-17-11)4-1-2-5-12/h10H,1-9H2,(H,13,14). The van der Waals surface area contributed by atoms with Crippen LogP contribution in [0.2, 0.25) is 0 Å². The molecule has 0 amide bonds. The smallest absolute Gasteiger partial charge is 0.156 e. The molecule has 3 rings (SSSR count). The fourth-order valence-corrected chi connectivity index (χ4v) is 6.05. The molecule has 2 fully saturated rings. The number of hydrogen-bond acceptors (Lipinski definition) is 5. The van der Waals surface area contributed by atoms with Crippen LogP contribution in [0.1, 0.15) is 32.1 Å². The van der Waals surface area contributed by atoms with Crippen molar-refractivity contribution in [2.24, 2.45) is 10.4 Å².